The van der Waals surface area contributed by atoms with Gasteiger partial charge in [-0.1, -0.05) is 31.2 Å². The Labute approximate surface area is 243 Å². The van der Waals surface area contributed by atoms with Crippen LogP contribution < -0.4 is 10.6 Å². The maximum absolute atomic E-state index is 12.9. The Morgan fingerprint density at radius 2 is 1.07 bits per heavy atom. The van der Waals surface area contributed by atoms with Crippen molar-refractivity contribution in [3.63, 3.8) is 0 Å². The molecule has 0 heterocycles. The molecule has 3 rings (SSSR count). The average molecular weight is 551 g/mol. The molecule has 2 N–H and O–H groups in total. The van der Waals surface area contributed by atoms with Crippen LogP contribution in [0.15, 0.2) is 48.5 Å². The van der Waals surface area contributed by atoms with Crippen LogP contribution in [-0.4, -0.2) is 81.2 Å². The number of nitrogens with one attached hydrogen (secondary N) is 2. The van der Waals surface area contributed by atoms with E-state index in [2.05, 4.69) is 64.9 Å². The standard InChI is InChI=1S/C34H52N4O2/c1-7-27-12-16-29(17-13-27)33(39)35-31-20-22-32(23-21-31)36-34(40)30-18-14-28(15-19-30)26-38(5,6)25-11-9-8-10-24-37(2,3)4/h12-19,31-32H,7-11,20-26H2,1-6H3/p+2. The van der Waals surface area contributed by atoms with Crippen LogP contribution in [0.1, 0.15) is 90.1 Å². The number of benzene rings is 2. The van der Waals surface area contributed by atoms with Crippen LogP contribution in [-0.2, 0) is 13.0 Å². The summed E-state index contributed by atoms with van der Waals surface area (Å²) in [5.41, 5.74) is 3.94. The van der Waals surface area contributed by atoms with E-state index in [1.165, 1.54) is 49.9 Å². The molecule has 220 valence electrons. The predicted molar refractivity (Wildman–Crippen MR) is 165 cm³/mol. The molecule has 0 bridgehead atoms. The van der Waals surface area contributed by atoms with E-state index < -0.39 is 0 Å². The molecule has 0 unspecified atom stereocenters. The van der Waals surface area contributed by atoms with Crippen molar-refractivity contribution in [3.05, 3.63) is 70.8 Å². The number of rotatable bonds is 14. The summed E-state index contributed by atoms with van der Waals surface area (Å²) < 4.78 is 2.01. The monoisotopic (exact) mass is 550 g/mol. The molecule has 6 nitrogen and oxygen atoms in total. The van der Waals surface area contributed by atoms with Crippen molar-refractivity contribution in [1.82, 2.24) is 10.6 Å². The van der Waals surface area contributed by atoms with E-state index in [9.17, 15) is 9.59 Å². The zero-order valence-corrected chi connectivity index (χ0v) is 26.0. The van der Waals surface area contributed by atoms with Gasteiger partial charge in [-0.15, -0.1) is 0 Å². The molecule has 40 heavy (non-hydrogen) atoms. The van der Waals surface area contributed by atoms with Gasteiger partial charge in [0, 0.05) is 28.8 Å². The first kappa shape index (κ1) is 31.8. The molecule has 6 heteroatoms. The maximum Gasteiger partial charge on any atom is 0.251 e. The van der Waals surface area contributed by atoms with Gasteiger partial charge in [0.15, 0.2) is 0 Å². The summed E-state index contributed by atoms with van der Waals surface area (Å²) in [6.07, 6.45) is 9.64. The van der Waals surface area contributed by atoms with Crippen LogP contribution in [0.3, 0.4) is 0 Å². The number of hydrogen-bond acceptors (Lipinski definition) is 2. The topological polar surface area (TPSA) is 58.2 Å². The van der Waals surface area contributed by atoms with Gasteiger partial charge >= 0.3 is 0 Å². The van der Waals surface area contributed by atoms with E-state index in [-0.39, 0.29) is 23.9 Å². The minimum atomic E-state index is -0.00693. The van der Waals surface area contributed by atoms with E-state index in [0.717, 1.165) is 53.2 Å². The molecule has 1 fully saturated rings. The fraction of sp³-hybridized carbons (Fsp3) is 0.588. The van der Waals surface area contributed by atoms with Gasteiger partial charge in [-0.05, 0) is 87.6 Å². The van der Waals surface area contributed by atoms with Gasteiger partial charge in [0.25, 0.3) is 11.8 Å². The molecule has 0 aliphatic heterocycles. The zero-order valence-electron chi connectivity index (χ0n) is 26.0. The summed E-state index contributed by atoms with van der Waals surface area (Å²) >= 11 is 0. The molecular weight excluding hydrogens is 496 g/mol. The average Bonchev–Trinajstić information content (AvgIpc) is 2.91. The number of aryl methyl sites for hydroxylation is 1. The lowest BCUT2D eigenvalue weighted by Crippen LogP contribution is -2.43. The summed E-state index contributed by atoms with van der Waals surface area (Å²) in [5.74, 6) is -0.00908. The number of amides is 2. The minimum Gasteiger partial charge on any atom is -0.349 e. The second-order valence-corrected chi connectivity index (χ2v) is 13.5. The van der Waals surface area contributed by atoms with Crippen LogP contribution in [0.4, 0.5) is 0 Å². The predicted octanol–water partition coefficient (Wildman–Crippen LogP) is 5.56. The third kappa shape index (κ3) is 11.1. The molecular formula is C34H54N4O2+2. The summed E-state index contributed by atoms with van der Waals surface area (Å²) in [7, 11) is 11.4. The molecule has 0 saturated heterocycles. The van der Waals surface area contributed by atoms with Crippen LogP contribution in [0.25, 0.3) is 0 Å². The number of carbonyl (C=O) groups is 2. The molecule has 0 radical (unpaired) electrons. The van der Waals surface area contributed by atoms with Crippen LogP contribution in [0.5, 0.6) is 0 Å². The Hall–Kier alpha value is -2.70. The summed E-state index contributed by atoms with van der Waals surface area (Å²) in [6.45, 7) is 5.49. The summed E-state index contributed by atoms with van der Waals surface area (Å²) in [4.78, 5) is 25.5. The van der Waals surface area contributed by atoms with Gasteiger partial charge in [0.05, 0.1) is 48.3 Å². The first-order valence-corrected chi connectivity index (χ1v) is 15.4. The number of quaternary nitrogens is 2. The Bertz CT molecular complexity index is 1060. The summed E-state index contributed by atoms with van der Waals surface area (Å²) in [6, 6.07) is 16.3. The lowest BCUT2D eigenvalue weighted by Gasteiger charge is -2.30. The second-order valence-electron chi connectivity index (χ2n) is 13.5. The number of hydrogen-bond donors (Lipinski definition) is 2. The van der Waals surface area contributed by atoms with Gasteiger partial charge in [0.2, 0.25) is 0 Å². The van der Waals surface area contributed by atoms with Crippen LogP contribution in [0, 0.1) is 0 Å². The molecule has 0 spiro atoms. The quantitative estimate of drug-likeness (QED) is 0.239. The zero-order chi connectivity index (χ0) is 29.2. The fourth-order valence-electron chi connectivity index (χ4n) is 5.63. The third-order valence-corrected chi connectivity index (χ3v) is 8.19. The van der Waals surface area contributed by atoms with E-state index in [4.69, 9.17) is 0 Å². The van der Waals surface area contributed by atoms with Crippen molar-refractivity contribution in [2.75, 3.05) is 48.3 Å². The van der Waals surface area contributed by atoms with Gasteiger partial charge in [-0.3, -0.25) is 9.59 Å². The number of carbonyl (C=O) groups excluding carboxylic acids is 2. The molecule has 2 aromatic rings. The van der Waals surface area contributed by atoms with Gasteiger partial charge in [-0.25, -0.2) is 0 Å². The van der Waals surface area contributed by atoms with Crippen molar-refractivity contribution < 1.29 is 18.6 Å². The van der Waals surface area contributed by atoms with Crippen LogP contribution >= 0.6 is 0 Å². The maximum atomic E-state index is 12.9. The highest BCUT2D eigenvalue weighted by molar-refractivity contribution is 5.95. The van der Waals surface area contributed by atoms with Crippen molar-refractivity contribution in [3.8, 4) is 0 Å². The van der Waals surface area contributed by atoms with E-state index in [1.54, 1.807) is 0 Å². The van der Waals surface area contributed by atoms with Crippen molar-refractivity contribution in [2.45, 2.75) is 83.3 Å². The van der Waals surface area contributed by atoms with E-state index >= 15 is 0 Å². The van der Waals surface area contributed by atoms with Crippen molar-refractivity contribution >= 4 is 11.8 Å². The van der Waals surface area contributed by atoms with E-state index in [0.29, 0.717) is 5.56 Å². The van der Waals surface area contributed by atoms with Crippen LogP contribution in [0.2, 0.25) is 0 Å². The van der Waals surface area contributed by atoms with Gasteiger partial charge in [0.1, 0.15) is 6.54 Å². The highest BCUT2D eigenvalue weighted by atomic mass is 16.2. The molecule has 1 aliphatic carbocycles. The second kappa shape index (κ2) is 14.8. The van der Waals surface area contributed by atoms with Crippen molar-refractivity contribution in [1.29, 1.82) is 0 Å². The SMILES string of the molecule is CCc1ccc(C(=O)NC2CCC(NC(=O)c3ccc(C[N+](C)(C)CCCCCC[N+](C)(C)C)cc3)CC2)cc1. The summed E-state index contributed by atoms with van der Waals surface area (Å²) in [5, 5.41) is 6.39. The number of unbranched alkanes of at least 4 members (excludes halogenated alkanes) is 3. The first-order valence-electron chi connectivity index (χ1n) is 15.4. The van der Waals surface area contributed by atoms with Crippen molar-refractivity contribution in [2.24, 2.45) is 0 Å². The molecule has 0 aromatic heterocycles. The lowest BCUT2D eigenvalue weighted by molar-refractivity contribution is -0.903. The Kier molecular flexibility index (Phi) is 11.8. The fourth-order valence-corrected chi connectivity index (χ4v) is 5.63. The smallest absolute Gasteiger partial charge is 0.251 e. The highest BCUT2D eigenvalue weighted by Gasteiger charge is 2.24. The minimum absolute atomic E-state index is 0.00215. The normalized spacial score (nSPS) is 17.9. The van der Waals surface area contributed by atoms with E-state index in [1.807, 2.05) is 36.4 Å². The van der Waals surface area contributed by atoms with Gasteiger partial charge in [-0.2, -0.15) is 0 Å². The molecule has 1 aliphatic rings. The molecule has 2 amide bonds. The lowest BCUT2D eigenvalue weighted by atomic mass is 9.90. The highest BCUT2D eigenvalue weighted by Crippen LogP contribution is 2.20. The van der Waals surface area contributed by atoms with Gasteiger partial charge < -0.3 is 19.6 Å². The molecule has 1 saturated carbocycles. The molecule has 0 atom stereocenters. The largest absolute Gasteiger partial charge is 0.349 e. The number of nitrogens with zero attached hydrogens (tertiary/aromatic N) is 2. The Morgan fingerprint density at radius 1 is 0.650 bits per heavy atom. The first-order chi connectivity index (χ1) is 18.9. The Balaban J connectivity index is 1.36. The Morgan fingerprint density at radius 3 is 1.50 bits per heavy atom. The molecule has 2 aromatic carbocycles. The third-order valence-electron chi connectivity index (χ3n) is 8.19.